The summed E-state index contributed by atoms with van der Waals surface area (Å²) in [5.74, 6) is 0.888. The first-order chi connectivity index (χ1) is 12.4. The smallest absolute Gasteiger partial charge is 0.273 e. The highest BCUT2D eigenvalue weighted by atomic mass is 16.5. The predicted molar refractivity (Wildman–Crippen MR) is 96.0 cm³/mol. The number of hydrazine groups is 1. The third-order valence-electron chi connectivity index (χ3n) is 3.44. The molecule has 1 aromatic carbocycles. The second-order valence-electron chi connectivity index (χ2n) is 5.39. The van der Waals surface area contributed by atoms with Gasteiger partial charge in [-0.15, -0.1) is 0 Å². The third-order valence-corrected chi connectivity index (χ3v) is 3.44. The molecule has 0 atom stereocenters. The van der Waals surface area contributed by atoms with Gasteiger partial charge in [-0.3, -0.25) is 15.0 Å². The topological polar surface area (TPSA) is 102 Å². The Labute approximate surface area is 151 Å². The van der Waals surface area contributed by atoms with Gasteiger partial charge in [-0.2, -0.15) is 0 Å². The van der Waals surface area contributed by atoms with Crippen molar-refractivity contribution in [2.75, 3.05) is 19.5 Å². The number of anilines is 1. The average Bonchev–Trinajstić information content (AvgIpc) is 3.05. The number of benzene rings is 1. The van der Waals surface area contributed by atoms with E-state index in [2.05, 4.69) is 16.2 Å². The zero-order chi connectivity index (χ0) is 19.1. The van der Waals surface area contributed by atoms with Gasteiger partial charge in [0.15, 0.2) is 0 Å². The van der Waals surface area contributed by atoms with Crippen LogP contribution in [0.15, 0.2) is 46.7 Å². The molecule has 26 heavy (non-hydrogen) atoms. The molecule has 0 spiro atoms. The minimum atomic E-state index is -0.376. The van der Waals surface area contributed by atoms with Crippen LogP contribution in [0.2, 0.25) is 0 Å². The van der Waals surface area contributed by atoms with Crippen LogP contribution in [0, 0.1) is 6.92 Å². The molecule has 0 aliphatic heterocycles. The van der Waals surface area contributed by atoms with Crippen LogP contribution >= 0.6 is 0 Å². The van der Waals surface area contributed by atoms with Crippen LogP contribution in [0.1, 0.15) is 23.0 Å². The molecule has 0 unspecified atom stereocenters. The summed E-state index contributed by atoms with van der Waals surface area (Å²) in [6.45, 7) is 3.34. The number of ether oxygens (including phenoxy) is 2. The maximum atomic E-state index is 12.1. The molecule has 2 amide bonds. The molecule has 3 N–H and O–H groups in total. The second kappa shape index (κ2) is 8.61. The van der Waals surface area contributed by atoms with E-state index in [9.17, 15) is 9.59 Å². The zero-order valence-electron chi connectivity index (χ0n) is 15.0. The van der Waals surface area contributed by atoms with Gasteiger partial charge >= 0.3 is 0 Å². The molecule has 0 saturated heterocycles. The lowest BCUT2D eigenvalue weighted by Gasteiger charge is -2.10. The Kier molecular flexibility index (Phi) is 6.26. The van der Waals surface area contributed by atoms with Gasteiger partial charge in [0.05, 0.1) is 26.0 Å². The summed E-state index contributed by atoms with van der Waals surface area (Å²) < 4.78 is 15.4. The van der Waals surface area contributed by atoms with Crippen LogP contribution in [-0.2, 0) is 4.79 Å². The molecular weight excluding hydrogens is 338 g/mol. The van der Waals surface area contributed by atoms with E-state index in [0.717, 1.165) is 0 Å². The summed E-state index contributed by atoms with van der Waals surface area (Å²) in [4.78, 5) is 24.1. The molecular formula is C18H21N3O5. The Morgan fingerprint density at radius 3 is 2.27 bits per heavy atom. The number of hydrogen-bond donors (Lipinski definition) is 3. The molecule has 0 saturated carbocycles. The van der Waals surface area contributed by atoms with Gasteiger partial charge in [-0.1, -0.05) is 0 Å². The highest BCUT2D eigenvalue weighted by Crippen LogP contribution is 2.25. The number of carbonyl (C=O) groups excluding carboxylic acids is 2. The first-order valence-electron chi connectivity index (χ1n) is 7.75. The summed E-state index contributed by atoms with van der Waals surface area (Å²) in [6.07, 6.45) is 2.75. The summed E-state index contributed by atoms with van der Waals surface area (Å²) in [6, 6.07) is 6.60. The van der Waals surface area contributed by atoms with Gasteiger partial charge < -0.3 is 24.6 Å². The quantitative estimate of drug-likeness (QED) is 0.518. The number of carbonyl (C=O) groups is 2. The molecule has 0 bridgehead atoms. The first-order valence-corrected chi connectivity index (χ1v) is 7.75. The number of rotatable bonds is 7. The maximum absolute atomic E-state index is 12.1. The summed E-state index contributed by atoms with van der Waals surface area (Å²) in [5.41, 5.74) is 6.55. The Hall–Kier alpha value is -3.42. The highest BCUT2D eigenvalue weighted by Gasteiger charge is 2.11. The van der Waals surface area contributed by atoms with Gasteiger partial charge in [0.2, 0.25) is 5.91 Å². The minimum absolute atomic E-state index is 0.359. The van der Waals surface area contributed by atoms with E-state index < -0.39 is 0 Å². The van der Waals surface area contributed by atoms with Crippen LogP contribution < -0.4 is 25.6 Å². The van der Waals surface area contributed by atoms with Crippen LogP contribution in [0.3, 0.4) is 0 Å². The van der Waals surface area contributed by atoms with Crippen LogP contribution in [0.25, 0.3) is 0 Å². The molecule has 2 aromatic rings. The zero-order valence-corrected chi connectivity index (χ0v) is 15.0. The van der Waals surface area contributed by atoms with Gasteiger partial charge in [-0.25, -0.2) is 0 Å². The number of nitrogens with one attached hydrogen (secondary N) is 3. The molecule has 138 valence electrons. The number of hydrogen-bond acceptors (Lipinski definition) is 6. The largest absolute Gasteiger partial charge is 0.497 e. The van der Waals surface area contributed by atoms with E-state index in [1.807, 2.05) is 0 Å². The lowest BCUT2D eigenvalue weighted by Crippen LogP contribution is -2.36. The second-order valence-corrected chi connectivity index (χ2v) is 5.39. The van der Waals surface area contributed by atoms with E-state index in [1.165, 1.54) is 26.6 Å². The lowest BCUT2D eigenvalue weighted by atomic mass is 10.2. The summed E-state index contributed by atoms with van der Waals surface area (Å²) in [7, 11) is 3.05. The number of methoxy groups -OCH3 is 2. The fraction of sp³-hybridized carbons (Fsp3) is 0.222. The van der Waals surface area contributed by atoms with Crippen LogP contribution in [-0.4, -0.2) is 26.0 Å². The van der Waals surface area contributed by atoms with E-state index in [-0.39, 0.29) is 11.8 Å². The molecule has 0 aliphatic rings. The van der Waals surface area contributed by atoms with Crippen molar-refractivity contribution in [3.63, 3.8) is 0 Å². The fourth-order valence-electron chi connectivity index (χ4n) is 2.13. The standard InChI is InChI=1S/C18H21N3O5/c1-11(20-21-18(23)16-5-6-26-12(16)2)7-17(22)19-13-8-14(24-3)10-15(9-13)25-4/h5-10,20H,1-4H3,(H,19,22)(H,21,23). The van der Waals surface area contributed by atoms with E-state index in [1.54, 1.807) is 38.1 Å². The molecule has 0 aliphatic carbocycles. The van der Waals surface area contributed by atoms with Gasteiger partial charge in [-0.05, 0) is 19.9 Å². The average molecular weight is 359 g/mol. The summed E-state index contributed by atoms with van der Waals surface area (Å²) in [5, 5.41) is 2.70. The van der Waals surface area contributed by atoms with Crippen molar-refractivity contribution in [1.29, 1.82) is 0 Å². The number of aryl methyl sites for hydroxylation is 1. The van der Waals surface area contributed by atoms with Gasteiger partial charge in [0, 0.05) is 35.7 Å². The Morgan fingerprint density at radius 2 is 1.73 bits per heavy atom. The Bertz CT molecular complexity index is 804. The lowest BCUT2D eigenvalue weighted by molar-refractivity contribution is -0.112. The molecule has 0 fully saturated rings. The molecule has 8 heteroatoms. The normalized spacial score (nSPS) is 10.8. The molecule has 2 rings (SSSR count). The van der Waals surface area contributed by atoms with Crippen LogP contribution in [0.5, 0.6) is 11.5 Å². The Morgan fingerprint density at radius 1 is 1.08 bits per heavy atom. The molecule has 1 aromatic heterocycles. The maximum Gasteiger partial charge on any atom is 0.273 e. The van der Waals surface area contributed by atoms with Crippen molar-refractivity contribution in [2.24, 2.45) is 0 Å². The first kappa shape index (κ1) is 18.9. The highest BCUT2D eigenvalue weighted by molar-refractivity contribution is 6.00. The van der Waals surface area contributed by atoms with Gasteiger partial charge in [0.25, 0.3) is 5.91 Å². The van der Waals surface area contributed by atoms with Crippen molar-refractivity contribution in [3.8, 4) is 11.5 Å². The number of allylic oxidation sites excluding steroid dienone is 1. The third kappa shape index (κ3) is 5.04. The van der Waals surface area contributed by atoms with Crippen LogP contribution in [0.4, 0.5) is 5.69 Å². The van der Waals surface area contributed by atoms with Crippen molar-refractivity contribution >= 4 is 17.5 Å². The minimum Gasteiger partial charge on any atom is -0.497 e. The molecule has 8 nitrogen and oxygen atoms in total. The van der Waals surface area contributed by atoms with Crippen molar-refractivity contribution in [3.05, 3.63) is 53.6 Å². The summed E-state index contributed by atoms with van der Waals surface area (Å²) >= 11 is 0. The molecule has 1 heterocycles. The SMILES string of the molecule is COc1cc(NC(=O)C=C(C)NNC(=O)c2ccoc2C)cc(OC)c1. The predicted octanol–water partition coefficient (Wildman–Crippen LogP) is 2.38. The van der Waals surface area contributed by atoms with E-state index >= 15 is 0 Å². The Balaban J connectivity index is 1.95. The van der Waals surface area contributed by atoms with E-state index in [4.69, 9.17) is 13.9 Å². The van der Waals surface area contributed by atoms with Crippen molar-refractivity contribution in [1.82, 2.24) is 10.9 Å². The molecule has 0 radical (unpaired) electrons. The van der Waals surface area contributed by atoms with Gasteiger partial charge in [0.1, 0.15) is 17.3 Å². The van der Waals surface area contributed by atoms with E-state index in [0.29, 0.717) is 34.2 Å². The monoisotopic (exact) mass is 359 g/mol. The van der Waals surface area contributed by atoms with Crippen molar-refractivity contribution < 1.29 is 23.5 Å². The van der Waals surface area contributed by atoms with Crippen molar-refractivity contribution in [2.45, 2.75) is 13.8 Å². The number of amides is 2. The fourth-order valence-corrected chi connectivity index (χ4v) is 2.13. The number of furan rings is 1.